The van der Waals surface area contributed by atoms with Crippen LogP contribution < -0.4 is 0 Å². The van der Waals surface area contributed by atoms with Gasteiger partial charge in [-0.2, -0.15) is 0 Å². The smallest absolute Gasteiger partial charge is 0.462 e. The summed E-state index contributed by atoms with van der Waals surface area (Å²) in [7, 11) is -4.73. The van der Waals surface area contributed by atoms with Crippen LogP contribution >= 0.6 is 7.82 Å². The molecule has 0 saturated carbocycles. The molecule has 0 fully saturated rings. The van der Waals surface area contributed by atoms with Gasteiger partial charge in [0, 0.05) is 19.3 Å². The van der Waals surface area contributed by atoms with E-state index in [9.17, 15) is 28.9 Å². The first-order valence-corrected chi connectivity index (χ1v) is 27.7. The van der Waals surface area contributed by atoms with Gasteiger partial charge in [-0.1, -0.05) is 206 Å². The number of hydrogen-bond acceptors (Lipinski definition) is 10. The van der Waals surface area contributed by atoms with Gasteiger partial charge in [-0.25, -0.2) is 4.57 Å². The van der Waals surface area contributed by atoms with Gasteiger partial charge < -0.3 is 24.2 Å². The number of allylic oxidation sites excluding steroid dienone is 4. The second-order valence-corrected chi connectivity index (χ2v) is 19.2. The van der Waals surface area contributed by atoms with Gasteiger partial charge in [0.15, 0.2) is 6.10 Å². The van der Waals surface area contributed by atoms with E-state index in [4.69, 9.17) is 23.3 Å². The van der Waals surface area contributed by atoms with Crippen molar-refractivity contribution in [3.8, 4) is 0 Å². The van der Waals surface area contributed by atoms with Crippen LogP contribution in [0, 0.1) is 0 Å². The van der Waals surface area contributed by atoms with Crippen molar-refractivity contribution in [3.63, 3.8) is 0 Å². The molecule has 0 aliphatic heterocycles. The van der Waals surface area contributed by atoms with Gasteiger partial charge >= 0.3 is 25.7 Å². The Morgan fingerprint density at radius 1 is 0.438 bits per heavy atom. The maximum Gasteiger partial charge on any atom is 0.472 e. The lowest BCUT2D eigenvalue weighted by Crippen LogP contribution is -2.30. The van der Waals surface area contributed by atoms with Gasteiger partial charge in [0.05, 0.1) is 19.8 Å². The first kappa shape index (κ1) is 62.0. The second kappa shape index (κ2) is 47.5. The number of esters is 3. The van der Waals surface area contributed by atoms with Crippen molar-refractivity contribution < 1.29 is 52.2 Å². The molecule has 0 aromatic heterocycles. The van der Waals surface area contributed by atoms with E-state index in [1.165, 1.54) is 116 Å². The van der Waals surface area contributed by atoms with Gasteiger partial charge in [0.2, 0.25) is 0 Å². The van der Waals surface area contributed by atoms with Crippen molar-refractivity contribution in [1.29, 1.82) is 0 Å². The van der Waals surface area contributed by atoms with Crippen LogP contribution in [0.15, 0.2) is 24.3 Å². The molecule has 3 atom stereocenters. The van der Waals surface area contributed by atoms with Gasteiger partial charge in [-0.15, -0.1) is 0 Å². The van der Waals surface area contributed by atoms with Crippen LogP contribution in [0.1, 0.15) is 252 Å². The molecule has 0 aliphatic carbocycles. The largest absolute Gasteiger partial charge is 0.472 e. The van der Waals surface area contributed by atoms with Gasteiger partial charge in [0.25, 0.3) is 0 Å². The Morgan fingerprint density at radius 3 is 1.19 bits per heavy atom. The highest BCUT2D eigenvalue weighted by Gasteiger charge is 2.28. The molecule has 0 bridgehead atoms. The Kier molecular flexibility index (Phi) is 45.9. The number of unbranched alkanes of at least 4 members (excludes halogenated alkanes) is 28. The maximum absolute atomic E-state index is 12.8. The molecule has 0 spiro atoms. The summed E-state index contributed by atoms with van der Waals surface area (Å²) in [6.07, 6.45) is 44.3. The van der Waals surface area contributed by atoms with Crippen LogP contribution in [-0.2, 0) is 42.2 Å². The molecule has 0 amide bonds. The molecule has 0 aromatic carbocycles. The Labute approximate surface area is 391 Å². The Hall–Kier alpha value is -2.04. The van der Waals surface area contributed by atoms with E-state index >= 15 is 0 Å². The summed E-state index contributed by atoms with van der Waals surface area (Å²) >= 11 is 0. The van der Waals surface area contributed by atoms with Crippen molar-refractivity contribution in [3.05, 3.63) is 24.3 Å². The fourth-order valence-electron chi connectivity index (χ4n) is 7.33. The lowest BCUT2D eigenvalue weighted by molar-refractivity contribution is -0.161. The van der Waals surface area contributed by atoms with Gasteiger partial charge in [-0.3, -0.25) is 23.4 Å². The number of rotatable bonds is 49. The van der Waals surface area contributed by atoms with Crippen molar-refractivity contribution in [2.24, 2.45) is 0 Å². The predicted molar refractivity (Wildman–Crippen MR) is 261 cm³/mol. The zero-order valence-corrected chi connectivity index (χ0v) is 42.2. The topological polar surface area (TPSA) is 155 Å². The number of ether oxygens (including phenoxy) is 3. The van der Waals surface area contributed by atoms with E-state index in [0.717, 1.165) is 77.0 Å². The predicted octanol–water partition coefficient (Wildman–Crippen LogP) is 14.7. The van der Waals surface area contributed by atoms with Crippen molar-refractivity contribution >= 4 is 25.7 Å². The third-order valence-corrected chi connectivity index (χ3v) is 12.3. The van der Waals surface area contributed by atoms with Crippen LogP contribution in [-0.4, -0.2) is 66.5 Å². The minimum Gasteiger partial charge on any atom is -0.462 e. The summed E-state index contributed by atoms with van der Waals surface area (Å²) in [5, 5.41) is 9.75. The lowest BCUT2D eigenvalue weighted by atomic mass is 10.1. The quantitative estimate of drug-likeness (QED) is 0.0197. The molecule has 0 rings (SSSR count). The minimum atomic E-state index is -4.73. The van der Waals surface area contributed by atoms with E-state index in [0.29, 0.717) is 19.3 Å². The van der Waals surface area contributed by atoms with Crippen LogP contribution in [0.2, 0.25) is 0 Å². The highest BCUT2D eigenvalue weighted by atomic mass is 31.2. The summed E-state index contributed by atoms with van der Waals surface area (Å²) in [5.41, 5.74) is 0. The molecular weight excluding hydrogens is 832 g/mol. The summed E-state index contributed by atoms with van der Waals surface area (Å²) in [4.78, 5) is 48.2. The molecule has 3 unspecified atom stereocenters. The molecule has 12 heteroatoms. The Balaban J connectivity index is 4.68. The molecule has 0 aliphatic rings. The molecule has 2 N–H and O–H groups in total. The number of carbonyl (C=O) groups excluding carboxylic acids is 3. The third kappa shape index (κ3) is 45.1. The minimum absolute atomic E-state index is 0.163. The first-order valence-electron chi connectivity index (χ1n) is 26.2. The Bertz CT molecular complexity index is 1180. The highest BCUT2D eigenvalue weighted by Crippen LogP contribution is 2.43. The highest BCUT2D eigenvalue weighted by molar-refractivity contribution is 7.47. The zero-order valence-electron chi connectivity index (χ0n) is 41.3. The standard InChI is InChI=1S/C52H97O11P/c1-4-7-10-13-16-19-21-22-23-24-25-26-28-31-34-37-40-43-52(56)63-49(45-59-50(54)41-38-35-32-29-18-15-12-9-6-3)47-61-64(57,58)60-46-48(44-53)62-51(55)42-39-36-33-30-27-20-17-14-11-8-5-2/h16,19,22-23,48-49,53H,4-15,17-18,20-21,24-47H2,1-3H3,(H,57,58)/b19-16-,23-22-. The second-order valence-electron chi connectivity index (χ2n) is 17.7. The molecule has 11 nitrogen and oxygen atoms in total. The molecule has 64 heavy (non-hydrogen) atoms. The number of aliphatic hydroxyl groups excluding tert-OH is 1. The summed E-state index contributed by atoms with van der Waals surface area (Å²) < 4.78 is 39.3. The van der Waals surface area contributed by atoms with E-state index in [1.54, 1.807) is 0 Å². The molecule has 0 heterocycles. The van der Waals surface area contributed by atoms with Crippen molar-refractivity contribution in [2.45, 2.75) is 264 Å². The number of phosphoric acid groups is 1. The maximum atomic E-state index is 12.8. The lowest BCUT2D eigenvalue weighted by Gasteiger charge is -2.21. The van der Waals surface area contributed by atoms with E-state index in [-0.39, 0.29) is 25.9 Å². The number of phosphoric ester groups is 1. The number of hydrogen-bond donors (Lipinski definition) is 2. The Morgan fingerprint density at radius 2 is 0.766 bits per heavy atom. The van der Waals surface area contributed by atoms with Gasteiger partial charge in [0.1, 0.15) is 12.7 Å². The molecule has 376 valence electrons. The van der Waals surface area contributed by atoms with Crippen molar-refractivity contribution in [2.75, 3.05) is 26.4 Å². The van der Waals surface area contributed by atoms with Crippen LogP contribution in [0.4, 0.5) is 0 Å². The molecule has 0 saturated heterocycles. The van der Waals surface area contributed by atoms with Crippen LogP contribution in [0.25, 0.3) is 0 Å². The third-order valence-electron chi connectivity index (χ3n) is 11.4. The first-order chi connectivity index (χ1) is 31.2. The monoisotopic (exact) mass is 929 g/mol. The fourth-order valence-corrected chi connectivity index (χ4v) is 8.11. The number of aliphatic hydroxyl groups is 1. The summed E-state index contributed by atoms with van der Waals surface area (Å²) in [6.45, 7) is 4.59. The molecule has 0 radical (unpaired) electrons. The SMILES string of the molecule is CCCCC/C=C\C/C=C\CCCCCCCCCC(=O)OC(COC(=O)CCCCCCCCCCC)COP(=O)(O)OCC(CO)OC(=O)CCCCCCCCCCCCC. The summed E-state index contributed by atoms with van der Waals surface area (Å²) in [6, 6.07) is 0. The van der Waals surface area contributed by atoms with E-state index in [1.807, 2.05) is 0 Å². The van der Waals surface area contributed by atoms with Crippen LogP contribution in [0.5, 0.6) is 0 Å². The van der Waals surface area contributed by atoms with E-state index < -0.39 is 57.8 Å². The zero-order chi connectivity index (χ0) is 47.0. The average molecular weight is 929 g/mol. The van der Waals surface area contributed by atoms with E-state index in [2.05, 4.69) is 45.1 Å². The number of carbonyl (C=O) groups is 3. The van der Waals surface area contributed by atoms with Gasteiger partial charge in [-0.05, 0) is 51.4 Å². The average Bonchev–Trinajstić information content (AvgIpc) is 3.28. The van der Waals surface area contributed by atoms with Crippen LogP contribution in [0.3, 0.4) is 0 Å². The van der Waals surface area contributed by atoms with Crippen molar-refractivity contribution in [1.82, 2.24) is 0 Å². The summed E-state index contributed by atoms with van der Waals surface area (Å²) in [5.74, 6) is -1.46. The fraction of sp³-hybridized carbons (Fsp3) is 0.865. The molecule has 0 aromatic rings. The normalized spacial score (nSPS) is 13.6. The molecular formula is C52H97O11P.